The third-order valence-electron chi connectivity index (χ3n) is 4.60. The Morgan fingerprint density at radius 2 is 1.60 bits per heavy atom. The molecule has 3 rings (SSSR count). The molecule has 0 saturated carbocycles. The predicted octanol–water partition coefficient (Wildman–Crippen LogP) is 0.277. The Labute approximate surface area is 177 Å². The predicted molar refractivity (Wildman–Crippen MR) is 99.8 cm³/mol. The molecular weight excluding hydrogens is 442 g/mol. The van der Waals surface area contributed by atoms with E-state index in [-0.39, 0.29) is 53.1 Å². The van der Waals surface area contributed by atoms with Crippen LogP contribution in [-0.2, 0) is 22.4 Å². The van der Waals surface area contributed by atoms with Crippen LogP contribution in [0.3, 0.4) is 0 Å². The summed E-state index contributed by atoms with van der Waals surface area (Å²) in [6.07, 6.45) is 2.47. The van der Waals surface area contributed by atoms with Gasteiger partial charge in [0, 0.05) is 0 Å². The first-order chi connectivity index (χ1) is 11.0. The smallest absolute Gasteiger partial charge is 1.00 e. The van der Waals surface area contributed by atoms with Crippen molar-refractivity contribution in [2.24, 2.45) is 0 Å². The zero-order chi connectivity index (χ0) is 16.6. The zero-order valence-corrected chi connectivity index (χ0v) is 20.5. The van der Waals surface area contributed by atoms with Crippen LogP contribution in [0.1, 0.15) is 47.0 Å². The topological polar surface area (TPSA) is 0 Å². The van der Waals surface area contributed by atoms with Crippen LogP contribution >= 0.6 is 0 Å². The van der Waals surface area contributed by atoms with E-state index in [1.807, 2.05) is 0 Å². The minimum atomic E-state index is -0.317. The molecule has 0 N–H and O–H groups in total. The zero-order valence-electron chi connectivity index (χ0n) is 15.5. The van der Waals surface area contributed by atoms with Gasteiger partial charge in [-0.05, 0) is 0 Å². The maximum Gasteiger partial charge on any atom is -1.00 e. The van der Waals surface area contributed by atoms with Crippen molar-refractivity contribution in [1.82, 2.24) is 0 Å². The third-order valence-corrected chi connectivity index (χ3v) is 13.7. The summed E-state index contributed by atoms with van der Waals surface area (Å²) < 4.78 is 0.812. The largest absolute Gasteiger partial charge is 1.00 e. The number of benzene rings is 2. The van der Waals surface area contributed by atoms with Gasteiger partial charge in [-0.3, -0.25) is 0 Å². The van der Waals surface area contributed by atoms with Crippen LogP contribution in [0.2, 0.25) is 13.1 Å². The second-order valence-corrected chi connectivity index (χ2v) is 20.3. The molecule has 1 atom stereocenters. The standard InChI is InChI=1S/C19H19.C2H6Si.2ClH.Zr/c1-13(2)15-7-9-16(10-8-15)18-6-4-5-17-11-14(3)12-19(17)18;1-3-2;;;/h4-13H,1-3H3;1-2H3;2*1H;/q;;;;+2/p-2. The Kier molecular flexibility index (Phi) is 8.88. The Morgan fingerprint density at radius 1 is 0.960 bits per heavy atom. The number of hydrogen-bond donors (Lipinski definition) is 0. The summed E-state index contributed by atoms with van der Waals surface area (Å²) in [5, 5.41) is 0. The van der Waals surface area contributed by atoms with E-state index in [2.05, 4.69) is 82.4 Å². The van der Waals surface area contributed by atoms with Crippen LogP contribution in [0, 0.1) is 0 Å². The van der Waals surface area contributed by atoms with E-state index in [9.17, 15) is 0 Å². The molecule has 4 heteroatoms. The summed E-state index contributed by atoms with van der Waals surface area (Å²) in [6.45, 7) is 11.9. The number of fused-ring (bicyclic) bond motifs is 1. The van der Waals surface area contributed by atoms with Crippen molar-refractivity contribution in [3.05, 3.63) is 64.7 Å². The van der Waals surface area contributed by atoms with E-state index in [4.69, 9.17) is 0 Å². The minimum Gasteiger partial charge on any atom is -1.00 e. The average molecular weight is 468 g/mol. The molecule has 0 saturated heterocycles. The van der Waals surface area contributed by atoms with Gasteiger partial charge >= 0.3 is 154 Å². The average Bonchev–Trinajstić information content (AvgIpc) is 2.83. The molecule has 1 aliphatic rings. The van der Waals surface area contributed by atoms with Crippen molar-refractivity contribution in [1.29, 1.82) is 0 Å². The third kappa shape index (κ3) is 4.98. The van der Waals surface area contributed by atoms with Gasteiger partial charge in [0.1, 0.15) is 0 Å². The van der Waals surface area contributed by atoms with Crippen molar-refractivity contribution in [3.63, 3.8) is 0 Å². The first-order valence-electron chi connectivity index (χ1n) is 8.45. The van der Waals surface area contributed by atoms with Crippen molar-refractivity contribution >= 4 is 12.0 Å². The van der Waals surface area contributed by atoms with Crippen LogP contribution < -0.4 is 24.8 Å². The maximum atomic E-state index is 2.50. The van der Waals surface area contributed by atoms with E-state index in [0.29, 0.717) is 5.92 Å². The quantitative estimate of drug-likeness (QED) is 0.567. The Hall–Kier alpha value is -0.140. The second kappa shape index (κ2) is 9.70. The van der Waals surface area contributed by atoms with Gasteiger partial charge in [-0.25, -0.2) is 0 Å². The van der Waals surface area contributed by atoms with Crippen molar-refractivity contribution in [2.75, 3.05) is 0 Å². The van der Waals surface area contributed by atoms with Gasteiger partial charge in [0.2, 0.25) is 0 Å². The molecule has 0 aromatic heterocycles. The molecule has 25 heavy (non-hydrogen) atoms. The van der Waals surface area contributed by atoms with E-state index in [1.165, 1.54) is 22.3 Å². The van der Waals surface area contributed by atoms with Gasteiger partial charge in [0.05, 0.1) is 0 Å². The molecule has 0 spiro atoms. The van der Waals surface area contributed by atoms with Gasteiger partial charge in [0.15, 0.2) is 0 Å². The maximum absolute atomic E-state index is 2.50. The fourth-order valence-electron chi connectivity index (χ4n) is 3.33. The SMILES string of the molecule is CC1=Cc2c(-c3ccc(C(C)C)cc3)cccc2[CH]1[Zr+2][Si](C)C.[Cl-].[Cl-]. The summed E-state index contributed by atoms with van der Waals surface area (Å²) in [5.74, 6) is 0.542. The number of allylic oxidation sites excluding steroid dienone is 1. The molecule has 0 nitrogen and oxygen atoms in total. The van der Waals surface area contributed by atoms with E-state index < -0.39 is 0 Å². The monoisotopic (exact) mass is 465 g/mol. The molecule has 0 aliphatic heterocycles. The number of halogens is 2. The van der Waals surface area contributed by atoms with Gasteiger partial charge in [-0.2, -0.15) is 0 Å². The summed E-state index contributed by atoms with van der Waals surface area (Å²) in [6, 6.07) is 16.1. The van der Waals surface area contributed by atoms with Crippen molar-refractivity contribution in [3.8, 4) is 11.1 Å². The van der Waals surface area contributed by atoms with Gasteiger partial charge in [-0.15, -0.1) is 0 Å². The molecule has 1 radical (unpaired) electrons. The van der Waals surface area contributed by atoms with Crippen LogP contribution in [0.25, 0.3) is 17.2 Å². The molecule has 2 aromatic rings. The van der Waals surface area contributed by atoms with Gasteiger partial charge in [0.25, 0.3) is 0 Å². The number of rotatable bonds is 4. The minimum absolute atomic E-state index is 0. The Bertz CT molecular complexity index is 736. The van der Waals surface area contributed by atoms with Crippen LogP contribution in [0.5, 0.6) is 0 Å². The normalized spacial score (nSPS) is 15.2. The Balaban J connectivity index is 0.00000156. The fraction of sp³-hybridized carbons (Fsp3) is 0.333. The molecule has 0 amide bonds. The van der Waals surface area contributed by atoms with Crippen molar-refractivity contribution < 1.29 is 47.2 Å². The first kappa shape index (κ1) is 22.9. The van der Waals surface area contributed by atoms with E-state index in [1.54, 1.807) is 11.1 Å². The summed E-state index contributed by atoms with van der Waals surface area (Å²) in [7, 11) is 0. The second-order valence-electron chi connectivity index (χ2n) is 7.05. The first-order valence-corrected chi connectivity index (χ1v) is 16.1. The molecule has 2 aromatic carbocycles. The molecule has 0 heterocycles. The van der Waals surface area contributed by atoms with Crippen LogP contribution in [-0.4, -0.2) is 5.92 Å². The molecule has 1 unspecified atom stereocenters. The fourth-order valence-corrected chi connectivity index (χ4v) is 12.2. The Morgan fingerprint density at radius 3 is 2.16 bits per heavy atom. The van der Waals surface area contributed by atoms with Crippen LogP contribution in [0.15, 0.2) is 48.0 Å². The molecule has 0 fully saturated rings. The van der Waals surface area contributed by atoms with E-state index >= 15 is 0 Å². The van der Waals surface area contributed by atoms with Crippen molar-refractivity contribution in [2.45, 2.75) is 43.4 Å². The molecule has 0 bridgehead atoms. The summed E-state index contributed by atoms with van der Waals surface area (Å²) in [5.41, 5.74) is 8.93. The summed E-state index contributed by atoms with van der Waals surface area (Å²) in [4.78, 5) is 0. The number of hydrogen-bond acceptors (Lipinski definition) is 0. The van der Waals surface area contributed by atoms with Crippen LogP contribution in [0.4, 0.5) is 0 Å². The molecular formula is C21H25Cl2SiZr. The molecule has 131 valence electrons. The van der Waals surface area contributed by atoms with Gasteiger partial charge in [-0.1, -0.05) is 0 Å². The van der Waals surface area contributed by atoms with E-state index in [0.717, 1.165) is 3.63 Å². The van der Waals surface area contributed by atoms with Gasteiger partial charge < -0.3 is 24.8 Å². The molecule has 1 aliphatic carbocycles. The summed E-state index contributed by atoms with van der Waals surface area (Å²) >= 11 is -0.317.